The first-order chi connectivity index (χ1) is 11.2. The van der Waals surface area contributed by atoms with Gasteiger partial charge in [0.05, 0.1) is 6.54 Å². The second kappa shape index (κ2) is 7.46. The number of carbonyl (C=O) groups excluding carboxylic acids is 1. The number of hydrogen-bond donors (Lipinski definition) is 1. The Morgan fingerprint density at radius 2 is 2.04 bits per heavy atom. The molecule has 0 fully saturated rings. The number of aryl methyl sites for hydroxylation is 1. The highest BCUT2D eigenvalue weighted by atomic mass is 35.5. The Labute approximate surface area is 139 Å². The number of benzene rings is 1. The van der Waals surface area contributed by atoms with Crippen molar-refractivity contribution in [1.82, 2.24) is 20.1 Å². The Balaban J connectivity index is 1.49. The fourth-order valence-corrected chi connectivity index (χ4v) is 2.71. The van der Waals surface area contributed by atoms with E-state index in [1.165, 1.54) is 6.42 Å². The predicted octanol–water partition coefficient (Wildman–Crippen LogP) is 2.35. The van der Waals surface area contributed by atoms with Crippen LogP contribution in [0, 0.1) is 0 Å². The standard InChI is InChI=1S/C16H19ClN4O2/c17-12-5-7-13(8-6-12)23-11-16(22)18-10-15-20-19-14-4-2-1-3-9-21(14)15/h5-8H,1-4,9-11H2,(H,18,22). The van der Waals surface area contributed by atoms with Gasteiger partial charge in [-0.05, 0) is 37.1 Å². The van der Waals surface area contributed by atoms with E-state index in [4.69, 9.17) is 16.3 Å². The number of fused-ring (bicyclic) bond motifs is 1. The highest BCUT2D eigenvalue weighted by Gasteiger charge is 2.15. The fraction of sp³-hybridized carbons (Fsp3) is 0.438. The lowest BCUT2D eigenvalue weighted by molar-refractivity contribution is -0.123. The number of ether oxygens (including phenoxy) is 1. The number of rotatable bonds is 5. The molecule has 6 nitrogen and oxygen atoms in total. The maximum atomic E-state index is 11.9. The molecule has 1 aromatic heterocycles. The molecule has 1 N–H and O–H groups in total. The van der Waals surface area contributed by atoms with Crippen molar-refractivity contribution in [3.63, 3.8) is 0 Å². The molecule has 122 valence electrons. The lowest BCUT2D eigenvalue weighted by Crippen LogP contribution is -2.29. The first kappa shape index (κ1) is 15.8. The lowest BCUT2D eigenvalue weighted by Gasteiger charge is -2.09. The molecule has 3 rings (SSSR count). The fourth-order valence-electron chi connectivity index (χ4n) is 2.58. The van der Waals surface area contributed by atoms with Gasteiger partial charge < -0.3 is 14.6 Å². The molecule has 1 aromatic carbocycles. The lowest BCUT2D eigenvalue weighted by atomic mass is 10.2. The summed E-state index contributed by atoms with van der Waals surface area (Å²) in [6, 6.07) is 6.91. The number of aromatic nitrogens is 3. The largest absolute Gasteiger partial charge is 0.484 e. The number of hydrogen-bond acceptors (Lipinski definition) is 4. The van der Waals surface area contributed by atoms with Gasteiger partial charge in [-0.1, -0.05) is 18.0 Å². The number of carbonyl (C=O) groups is 1. The van der Waals surface area contributed by atoms with Crippen molar-refractivity contribution in [2.24, 2.45) is 0 Å². The number of nitrogens with zero attached hydrogens (tertiary/aromatic N) is 3. The average molecular weight is 335 g/mol. The molecule has 0 atom stereocenters. The zero-order chi connectivity index (χ0) is 16.1. The Bertz CT molecular complexity index is 669. The summed E-state index contributed by atoms with van der Waals surface area (Å²) in [6.45, 7) is 1.26. The van der Waals surface area contributed by atoms with E-state index in [0.29, 0.717) is 17.3 Å². The van der Waals surface area contributed by atoms with Crippen molar-refractivity contribution < 1.29 is 9.53 Å². The average Bonchev–Trinajstić information content (AvgIpc) is 2.79. The highest BCUT2D eigenvalue weighted by molar-refractivity contribution is 6.30. The quantitative estimate of drug-likeness (QED) is 0.911. The van der Waals surface area contributed by atoms with Crippen LogP contribution in [0.5, 0.6) is 5.75 Å². The van der Waals surface area contributed by atoms with E-state index in [1.54, 1.807) is 24.3 Å². The summed E-state index contributed by atoms with van der Waals surface area (Å²) >= 11 is 5.80. The predicted molar refractivity (Wildman–Crippen MR) is 86.4 cm³/mol. The van der Waals surface area contributed by atoms with Gasteiger partial charge in [-0.2, -0.15) is 0 Å². The number of halogens is 1. The van der Waals surface area contributed by atoms with E-state index in [9.17, 15) is 4.79 Å². The van der Waals surface area contributed by atoms with Crippen LogP contribution in [-0.2, 0) is 24.3 Å². The van der Waals surface area contributed by atoms with Gasteiger partial charge in [0.15, 0.2) is 12.4 Å². The maximum absolute atomic E-state index is 11.9. The summed E-state index contributed by atoms with van der Waals surface area (Å²) in [7, 11) is 0. The Kier molecular flexibility index (Phi) is 5.12. The van der Waals surface area contributed by atoms with Crippen LogP contribution in [0.15, 0.2) is 24.3 Å². The minimum absolute atomic E-state index is 0.0391. The van der Waals surface area contributed by atoms with Gasteiger partial charge >= 0.3 is 0 Å². The Morgan fingerprint density at radius 3 is 2.87 bits per heavy atom. The van der Waals surface area contributed by atoms with Crippen molar-refractivity contribution in [3.05, 3.63) is 40.9 Å². The van der Waals surface area contributed by atoms with Crippen LogP contribution in [0.3, 0.4) is 0 Å². The number of amides is 1. The van der Waals surface area contributed by atoms with Gasteiger partial charge in [0, 0.05) is 18.0 Å². The van der Waals surface area contributed by atoms with Gasteiger partial charge in [-0.25, -0.2) is 0 Å². The molecular weight excluding hydrogens is 316 g/mol. The zero-order valence-corrected chi connectivity index (χ0v) is 13.6. The summed E-state index contributed by atoms with van der Waals surface area (Å²) < 4.78 is 7.53. The monoisotopic (exact) mass is 334 g/mol. The summed E-state index contributed by atoms with van der Waals surface area (Å²) in [5, 5.41) is 11.9. The topological polar surface area (TPSA) is 69.0 Å². The third kappa shape index (κ3) is 4.22. The summed E-state index contributed by atoms with van der Waals surface area (Å²) in [6.07, 6.45) is 4.45. The molecule has 1 amide bonds. The summed E-state index contributed by atoms with van der Waals surface area (Å²) in [5.41, 5.74) is 0. The molecule has 2 heterocycles. The molecule has 0 saturated carbocycles. The van der Waals surface area contributed by atoms with Gasteiger partial charge in [0.25, 0.3) is 5.91 Å². The molecule has 0 radical (unpaired) electrons. The second-order valence-electron chi connectivity index (χ2n) is 5.51. The van der Waals surface area contributed by atoms with Gasteiger partial charge in [0.2, 0.25) is 0 Å². The molecule has 0 aliphatic carbocycles. The van der Waals surface area contributed by atoms with E-state index >= 15 is 0 Å². The summed E-state index contributed by atoms with van der Waals surface area (Å²) in [4.78, 5) is 11.9. The highest BCUT2D eigenvalue weighted by Crippen LogP contribution is 2.16. The van der Waals surface area contributed by atoms with Crippen LogP contribution in [0.4, 0.5) is 0 Å². The van der Waals surface area contributed by atoms with Crippen molar-refractivity contribution in [1.29, 1.82) is 0 Å². The van der Waals surface area contributed by atoms with E-state index in [-0.39, 0.29) is 12.5 Å². The molecule has 0 spiro atoms. The molecule has 0 bridgehead atoms. The van der Waals surface area contributed by atoms with Crippen LogP contribution < -0.4 is 10.1 Å². The van der Waals surface area contributed by atoms with E-state index in [1.807, 2.05) is 0 Å². The minimum Gasteiger partial charge on any atom is -0.484 e. The van der Waals surface area contributed by atoms with E-state index in [0.717, 1.165) is 37.5 Å². The molecule has 7 heteroatoms. The molecule has 23 heavy (non-hydrogen) atoms. The van der Waals surface area contributed by atoms with E-state index < -0.39 is 0 Å². The van der Waals surface area contributed by atoms with Crippen LogP contribution in [0.25, 0.3) is 0 Å². The first-order valence-corrected chi connectivity index (χ1v) is 8.16. The van der Waals surface area contributed by atoms with Gasteiger partial charge in [-0.15, -0.1) is 10.2 Å². The van der Waals surface area contributed by atoms with Gasteiger partial charge in [0.1, 0.15) is 11.6 Å². The van der Waals surface area contributed by atoms with Gasteiger partial charge in [-0.3, -0.25) is 4.79 Å². The zero-order valence-electron chi connectivity index (χ0n) is 12.8. The van der Waals surface area contributed by atoms with E-state index in [2.05, 4.69) is 20.1 Å². The third-order valence-corrected chi connectivity index (χ3v) is 4.07. The molecule has 0 saturated heterocycles. The van der Waals surface area contributed by atoms with Crippen LogP contribution in [0.2, 0.25) is 5.02 Å². The normalized spacial score (nSPS) is 14.0. The Morgan fingerprint density at radius 1 is 1.22 bits per heavy atom. The molecule has 2 aromatic rings. The Hall–Kier alpha value is -2.08. The van der Waals surface area contributed by atoms with Crippen molar-refractivity contribution in [2.75, 3.05) is 6.61 Å². The van der Waals surface area contributed by atoms with Crippen molar-refractivity contribution in [2.45, 2.75) is 38.8 Å². The van der Waals surface area contributed by atoms with Crippen molar-refractivity contribution in [3.8, 4) is 5.75 Å². The van der Waals surface area contributed by atoms with Crippen LogP contribution >= 0.6 is 11.6 Å². The summed E-state index contributed by atoms with van der Waals surface area (Å²) in [5.74, 6) is 2.25. The third-order valence-electron chi connectivity index (χ3n) is 3.81. The first-order valence-electron chi connectivity index (χ1n) is 7.78. The van der Waals surface area contributed by atoms with Crippen LogP contribution in [0.1, 0.15) is 30.9 Å². The smallest absolute Gasteiger partial charge is 0.258 e. The molecule has 1 aliphatic heterocycles. The van der Waals surface area contributed by atoms with Crippen molar-refractivity contribution >= 4 is 17.5 Å². The minimum atomic E-state index is -0.189. The SMILES string of the molecule is O=C(COc1ccc(Cl)cc1)NCc1nnc2n1CCCCC2. The molecule has 1 aliphatic rings. The maximum Gasteiger partial charge on any atom is 0.258 e. The molecular formula is C16H19ClN4O2. The molecule has 0 unspecified atom stereocenters. The number of nitrogens with one attached hydrogen (secondary N) is 1. The van der Waals surface area contributed by atoms with Crippen LogP contribution in [-0.4, -0.2) is 27.3 Å². The second-order valence-corrected chi connectivity index (χ2v) is 5.95.